The number of carbonyl (C=O) groups excluding carboxylic acids is 2. The van der Waals surface area contributed by atoms with Crippen molar-refractivity contribution in [1.29, 1.82) is 0 Å². The fraction of sp³-hybridized carbons (Fsp3) is 0.409. The van der Waals surface area contributed by atoms with Gasteiger partial charge in [0.05, 0.1) is 28.1 Å². The quantitative estimate of drug-likeness (QED) is 0.622. The summed E-state index contributed by atoms with van der Waals surface area (Å²) in [5.41, 5.74) is 1.46. The van der Waals surface area contributed by atoms with E-state index in [1.54, 1.807) is 24.4 Å². The molecule has 0 atom stereocenters. The maximum atomic E-state index is 12.0. The molecule has 0 bridgehead atoms. The standard InChI is InChI=1S/C13H15Cl2NO.C9H9NO2/c14-11-5-4-10(8-12(11)15)9-13(17)16-6-2-1-3-7-16;11-6-7-5-10-4-3-9(7)12-8-1-2-8/h4-5,8H,1-3,6-7,9H2;3-6,8H,1-2H2. The minimum atomic E-state index is 0.183. The van der Waals surface area contributed by atoms with Crippen LogP contribution in [0, 0.1) is 0 Å². The number of aromatic nitrogens is 1. The van der Waals surface area contributed by atoms with E-state index in [1.165, 1.54) is 12.6 Å². The first-order chi connectivity index (χ1) is 14.1. The van der Waals surface area contributed by atoms with E-state index in [2.05, 4.69) is 4.98 Å². The highest BCUT2D eigenvalue weighted by Gasteiger charge is 2.24. The van der Waals surface area contributed by atoms with Gasteiger partial charge in [-0.3, -0.25) is 14.6 Å². The third-order valence-corrected chi connectivity index (χ3v) is 5.54. The summed E-state index contributed by atoms with van der Waals surface area (Å²) in [6.07, 6.45) is 10.3. The van der Waals surface area contributed by atoms with Crippen molar-refractivity contribution in [2.24, 2.45) is 0 Å². The van der Waals surface area contributed by atoms with Gasteiger partial charge >= 0.3 is 0 Å². The molecular weight excluding hydrogens is 411 g/mol. The van der Waals surface area contributed by atoms with Gasteiger partial charge in [-0.25, -0.2) is 0 Å². The van der Waals surface area contributed by atoms with Gasteiger partial charge in [-0.1, -0.05) is 29.3 Å². The molecule has 1 aliphatic heterocycles. The Balaban J connectivity index is 0.000000176. The van der Waals surface area contributed by atoms with Crippen molar-refractivity contribution in [3.05, 3.63) is 57.8 Å². The van der Waals surface area contributed by atoms with Crippen molar-refractivity contribution in [3.63, 3.8) is 0 Å². The molecule has 1 aromatic heterocycles. The Morgan fingerprint density at radius 3 is 2.55 bits per heavy atom. The van der Waals surface area contributed by atoms with Gasteiger partial charge in [0.1, 0.15) is 5.75 Å². The summed E-state index contributed by atoms with van der Waals surface area (Å²) < 4.78 is 5.48. The molecule has 1 aliphatic carbocycles. The molecule has 2 heterocycles. The lowest BCUT2D eigenvalue weighted by Crippen LogP contribution is -2.36. The first-order valence-corrected chi connectivity index (χ1v) is 10.6. The molecule has 0 radical (unpaired) electrons. The first kappa shape index (κ1) is 21.6. The van der Waals surface area contributed by atoms with Crippen LogP contribution in [0.2, 0.25) is 10.0 Å². The van der Waals surface area contributed by atoms with Crippen LogP contribution in [0.25, 0.3) is 0 Å². The zero-order chi connectivity index (χ0) is 20.6. The third kappa shape index (κ3) is 6.72. The van der Waals surface area contributed by atoms with E-state index in [9.17, 15) is 9.59 Å². The molecule has 1 saturated carbocycles. The van der Waals surface area contributed by atoms with Gasteiger partial charge in [0, 0.05) is 25.5 Å². The van der Waals surface area contributed by atoms with Crippen LogP contribution >= 0.6 is 23.2 Å². The van der Waals surface area contributed by atoms with E-state index in [0.717, 1.165) is 50.6 Å². The van der Waals surface area contributed by atoms with Crippen LogP contribution < -0.4 is 4.74 Å². The number of amides is 1. The molecule has 2 aromatic rings. The monoisotopic (exact) mass is 434 g/mol. The largest absolute Gasteiger partial charge is 0.490 e. The molecule has 154 valence electrons. The predicted molar refractivity (Wildman–Crippen MR) is 114 cm³/mol. The fourth-order valence-electron chi connectivity index (χ4n) is 3.03. The average Bonchev–Trinajstić information content (AvgIpc) is 3.56. The van der Waals surface area contributed by atoms with E-state index < -0.39 is 0 Å². The molecular formula is C22H24Cl2N2O3. The summed E-state index contributed by atoms with van der Waals surface area (Å²) in [6.45, 7) is 1.78. The Hall–Kier alpha value is -2.11. The number of piperidine rings is 1. The summed E-state index contributed by atoms with van der Waals surface area (Å²) in [7, 11) is 0. The van der Waals surface area contributed by atoms with E-state index in [1.807, 2.05) is 11.0 Å². The number of likely N-dealkylation sites (tertiary alicyclic amines) is 1. The average molecular weight is 435 g/mol. The lowest BCUT2D eigenvalue weighted by molar-refractivity contribution is -0.131. The Bertz CT molecular complexity index is 850. The zero-order valence-corrected chi connectivity index (χ0v) is 17.7. The second-order valence-corrected chi connectivity index (χ2v) is 8.03. The maximum absolute atomic E-state index is 12.0. The Morgan fingerprint density at radius 2 is 1.90 bits per heavy atom. The van der Waals surface area contributed by atoms with Crippen LogP contribution in [0.1, 0.15) is 48.0 Å². The van der Waals surface area contributed by atoms with Crippen molar-refractivity contribution in [2.45, 2.75) is 44.6 Å². The van der Waals surface area contributed by atoms with Crippen LogP contribution in [-0.2, 0) is 11.2 Å². The summed E-state index contributed by atoms with van der Waals surface area (Å²) in [5, 5.41) is 1.04. The van der Waals surface area contributed by atoms with Crippen molar-refractivity contribution >= 4 is 35.4 Å². The summed E-state index contributed by atoms with van der Waals surface area (Å²) in [5.74, 6) is 0.839. The second-order valence-electron chi connectivity index (χ2n) is 7.22. The smallest absolute Gasteiger partial charge is 0.226 e. The number of hydrogen-bond donors (Lipinski definition) is 0. The van der Waals surface area contributed by atoms with Gasteiger partial charge in [-0.2, -0.15) is 0 Å². The molecule has 1 saturated heterocycles. The zero-order valence-electron chi connectivity index (χ0n) is 16.2. The van der Waals surface area contributed by atoms with E-state index in [4.69, 9.17) is 27.9 Å². The Kier molecular flexibility index (Phi) is 7.90. The van der Waals surface area contributed by atoms with Crippen molar-refractivity contribution in [3.8, 4) is 5.75 Å². The molecule has 0 unspecified atom stereocenters. The van der Waals surface area contributed by atoms with E-state index in [-0.39, 0.29) is 5.91 Å². The highest BCUT2D eigenvalue weighted by molar-refractivity contribution is 6.42. The number of carbonyl (C=O) groups is 2. The lowest BCUT2D eigenvalue weighted by atomic mass is 10.1. The fourth-order valence-corrected chi connectivity index (χ4v) is 3.36. The molecule has 7 heteroatoms. The molecule has 29 heavy (non-hydrogen) atoms. The van der Waals surface area contributed by atoms with Gasteiger partial charge in [0.2, 0.25) is 5.91 Å². The molecule has 2 aliphatic rings. The summed E-state index contributed by atoms with van der Waals surface area (Å²) >= 11 is 11.8. The second kappa shape index (κ2) is 10.6. The van der Waals surface area contributed by atoms with E-state index >= 15 is 0 Å². The number of ether oxygens (including phenoxy) is 1. The number of pyridine rings is 1. The van der Waals surface area contributed by atoms with Crippen LogP contribution in [0.4, 0.5) is 0 Å². The molecule has 2 fully saturated rings. The normalized spacial score (nSPS) is 15.9. The number of aldehydes is 1. The minimum absolute atomic E-state index is 0.183. The molecule has 0 spiro atoms. The predicted octanol–water partition coefficient (Wildman–Crippen LogP) is 4.98. The Morgan fingerprint density at radius 1 is 1.14 bits per heavy atom. The lowest BCUT2D eigenvalue weighted by Gasteiger charge is -2.26. The van der Waals surface area contributed by atoms with Crippen molar-refractivity contribution in [2.75, 3.05) is 13.1 Å². The van der Waals surface area contributed by atoms with Gasteiger partial charge in [-0.15, -0.1) is 0 Å². The molecule has 1 amide bonds. The van der Waals surface area contributed by atoms with Crippen LogP contribution in [0.5, 0.6) is 5.75 Å². The summed E-state index contributed by atoms with van der Waals surface area (Å²) in [6, 6.07) is 7.09. The molecule has 0 N–H and O–H groups in total. The maximum Gasteiger partial charge on any atom is 0.226 e. The number of rotatable bonds is 5. The van der Waals surface area contributed by atoms with Crippen LogP contribution in [0.15, 0.2) is 36.7 Å². The number of hydrogen-bond acceptors (Lipinski definition) is 4. The first-order valence-electron chi connectivity index (χ1n) is 9.84. The highest BCUT2D eigenvalue weighted by atomic mass is 35.5. The molecule has 5 nitrogen and oxygen atoms in total. The number of benzene rings is 1. The summed E-state index contributed by atoms with van der Waals surface area (Å²) in [4.78, 5) is 28.3. The van der Waals surface area contributed by atoms with Gasteiger partial charge in [-0.05, 0) is 55.9 Å². The van der Waals surface area contributed by atoms with Gasteiger partial charge in [0.25, 0.3) is 0 Å². The van der Waals surface area contributed by atoms with E-state index in [0.29, 0.717) is 33.9 Å². The minimum Gasteiger partial charge on any atom is -0.490 e. The van der Waals surface area contributed by atoms with Crippen LogP contribution in [-0.4, -0.2) is 41.3 Å². The van der Waals surface area contributed by atoms with Gasteiger partial charge < -0.3 is 9.64 Å². The topological polar surface area (TPSA) is 59.5 Å². The number of nitrogens with zero attached hydrogens (tertiary/aromatic N) is 2. The molecule has 1 aromatic carbocycles. The van der Waals surface area contributed by atoms with Crippen LogP contribution in [0.3, 0.4) is 0 Å². The SMILES string of the molecule is O=C(Cc1ccc(Cl)c(Cl)c1)N1CCCCC1.O=Cc1cnccc1OC1CC1. The van der Waals surface area contributed by atoms with Gasteiger partial charge in [0.15, 0.2) is 6.29 Å². The third-order valence-electron chi connectivity index (χ3n) is 4.80. The molecule has 4 rings (SSSR count). The Labute approximate surface area is 181 Å². The highest BCUT2D eigenvalue weighted by Crippen LogP contribution is 2.27. The van der Waals surface area contributed by atoms with Crippen molar-refractivity contribution in [1.82, 2.24) is 9.88 Å². The number of halogens is 2. The van der Waals surface area contributed by atoms with Crippen molar-refractivity contribution < 1.29 is 14.3 Å².